The summed E-state index contributed by atoms with van der Waals surface area (Å²) in [6, 6.07) is 3.35. The lowest BCUT2D eigenvalue weighted by Gasteiger charge is -2.34. The Morgan fingerprint density at radius 3 is 2.21 bits per heavy atom. The number of aromatic nitrogens is 2. The summed E-state index contributed by atoms with van der Waals surface area (Å²) >= 11 is 0. The van der Waals surface area contributed by atoms with Crippen LogP contribution in [0.15, 0.2) is 29.0 Å². The van der Waals surface area contributed by atoms with Gasteiger partial charge in [-0.15, -0.1) is 0 Å². The van der Waals surface area contributed by atoms with Crippen molar-refractivity contribution >= 4 is 17.8 Å². The quantitative estimate of drug-likeness (QED) is 0.753. The van der Waals surface area contributed by atoms with E-state index in [1.165, 1.54) is 6.26 Å². The minimum Gasteiger partial charge on any atom is -0.459 e. The van der Waals surface area contributed by atoms with Gasteiger partial charge in [-0.3, -0.25) is 9.59 Å². The Hall–Kier alpha value is -2.94. The zero-order chi connectivity index (χ0) is 20.4. The van der Waals surface area contributed by atoms with Crippen LogP contribution in [0.3, 0.4) is 0 Å². The Morgan fingerprint density at radius 1 is 0.966 bits per heavy atom. The van der Waals surface area contributed by atoms with Crippen LogP contribution in [0.5, 0.6) is 0 Å². The van der Waals surface area contributed by atoms with E-state index < -0.39 is 0 Å². The highest BCUT2D eigenvalue weighted by Gasteiger charge is 2.28. The molecule has 0 spiro atoms. The van der Waals surface area contributed by atoms with Gasteiger partial charge < -0.3 is 24.0 Å². The molecule has 2 aromatic heterocycles. The molecule has 2 aliphatic rings. The molecule has 0 unspecified atom stereocenters. The molecule has 0 bridgehead atoms. The molecule has 2 amide bonds. The predicted molar refractivity (Wildman–Crippen MR) is 107 cm³/mol. The molecular weight excluding hydrogens is 372 g/mol. The van der Waals surface area contributed by atoms with Gasteiger partial charge in [-0.05, 0) is 26.1 Å². The molecule has 2 aromatic rings. The van der Waals surface area contributed by atoms with Crippen molar-refractivity contribution in [2.24, 2.45) is 0 Å². The van der Waals surface area contributed by atoms with E-state index in [2.05, 4.69) is 26.8 Å². The summed E-state index contributed by atoms with van der Waals surface area (Å²) in [4.78, 5) is 42.3. The van der Waals surface area contributed by atoms with E-state index in [0.717, 1.165) is 26.2 Å². The Bertz CT molecular complexity index is 868. The van der Waals surface area contributed by atoms with Gasteiger partial charge in [0.15, 0.2) is 5.76 Å². The van der Waals surface area contributed by atoms with Crippen molar-refractivity contribution in [2.75, 3.05) is 64.3 Å². The van der Waals surface area contributed by atoms with E-state index in [4.69, 9.17) is 4.42 Å². The summed E-state index contributed by atoms with van der Waals surface area (Å²) in [5.41, 5.74) is 1.21. The second kappa shape index (κ2) is 8.20. The maximum absolute atomic E-state index is 13.0. The Balaban J connectivity index is 1.38. The lowest BCUT2D eigenvalue weighted by molar-refractivity contribution is 0.0517. The van der Waals surface area contributed by atoms with Gasteiger partial charge in [0.2, 0.25) is 5.95 Å². The number of likely N-dealkylation sites (N-methyl/N-ethyl adjacent to an activating group) is 1. The molecule has 9 nitrogen and oxygen atoms in total. The third kappa shape index (κ3) is 4.09. The Labute approximate surface area is 169 Å². The molecule has 29 heavy (non-hydrogen) atoms. The highest BCUT2D eigenvalue weighted by molar-refractivity contribution is 5.95. The molecule has 0 N–H and O–H groups in total. The van der Waals surface area contributed by atoms with E-state index >= 15 is 0 Å². The van der Waals surface area contributed by atoms with Crippen LogP contribution in [0.25, 0.3) is 0 Å². The Kier molecular flexibility index (Phi) is 5.48. The van der Waals surface area contributed by atoms with Crippen molar-refractivity contribution in [2.45, 2.75) is 6.92 Å². The summed E-state index contributed by atoms with van der Waals surface area (Å²) in [5, 5.41) is 0. The maximum Gasteiger partial charge on any atom is 0.289 e. The third-order valence-corrected chi connectivity index (χ3v) is 5.57. The number of nitrogens with zero attached hydrogens (tertiary/aromatic N) is 6. The van der Waals surface area contributed by atoms with Crippen LogP contribution in [0.4, 0.5) is 5.95 Å². The van der Waals surface area contributed by atoms with Gasteiger partial charge in [0, 0.05) is 58.6 Å². The van der Waals surface area contributed by atoms with Crippen molar-refractivity contribution in [3.63, 3.8) is 0 Å². The van der Waals surface area contributed by atoms with Gasteiger partial charge in [-0.25, -0.2) is 9.97 Å². The van der Waals surface area contributed by atoms with Crippen molar-refractivity contribution in [1.29, 1.82) is 0 Å². The van der Waals surface area contributed by atoms with Crippen LogP contribution < -0.4 is 4.90 Å². The normalized spacial score (nSPS) is 18.2. The fraction of sp³-hybridized carbons (Fsp3) is 0.500. The van der Waals surface area contributed by atoms with Crippen molar-refractivity contribution in [3.8, 4) is 0 Å². The molecule has 9 heteroatoms. The number of rotatable bonds is 3. The fourth-order valence-corrected chi connectivity index (χ4v) is 3.66. The van der Waals surface area contributed by atoms with Crippen LogP contribution in [-0.2, 0) is 0 Å². The van der Waals surface area contributed by atoms with Crippen molar-refractivity contribution < 1.29 is 14.0 Å². The largest absolute Gasteiger partial charge is 0.459 e. The first-order valence-corrected chi connectivity index (χ1v) is 9.92. The molecule has 2 aliphatic heterocycles. The lowest BCUT2D eigenvalue weighted by Crippen LogP contribution is -2.50. The van der Waals surface area contributed by atoms with Crippen molar-refractivity contribution in [1.82, 2.24) is 24.7 Å². The van der Waals surface area contributed by atoms with Crippen LogP contribution in [0.2, 0.25) is 0 Å². The number of anilines is 1. The summed E-state index contributed by atoms with van der Waals surface area (Å²) in [6.07, 6.45) is 3.13. The third-order valence-electron chi connectivity index (χ3n) is 5.57. The summed E-state index contributed by atoms with van der Waals surface area (Å²) in [6.45, 7) is 7.48. The highest BCUT2D eigenvalue weighted by atomic mass is 16.3. The number of furan rings is 1. The van der Waals surface area contributed by atoms with Gasteiger partial charge in [-0.2, -0.15) is 0 Å². The average Bonchev–Trinajstić information content (AvgIpc) is 3.28. The standard InChI is InChI=1S/C20H26N6O3/c1-15-16(14-21-20(22-15)26-7-5-23(2)6-8-26)18(27)24-9-11-25(12-10-24)19(28)17-4-3-13-29-17/h3-4,13-14H,5-12H2,1-2H3. The number of carbonyl (C=O) groups excluding carboxylic acids is 2. The molecule has 4 rings (SSSR count). The van der Waals surface area contributed by atoms with Gasteiger partial charge in [0.25, 0.3) is 11.8 Å². The molecule has 154 valence electrons. The Morgan fingerprint density at radius 2 is 1.62 bits per heavy atom. The second-order valence-electron chi connectivity index (χ2n) is 7.52. The van der Waals surface area contributed by atoms with Gasteiger partial charge >= 0.3 is 0 Å². The molecule has 4 heterocycles. The maximum atomic E-state index is 13.0. The molecule has 2 fully saturated rings. The van der Waals surface area contributed by atoms with Gasteiger partial charge in [0.1, 0.15) is 0 Å². The SMILES string of the molecule is Cc1nc(N2CCN(C)CC2)ncc1C(=O)N1CCN(C(=O)c2ccco2)CC1. The zero-order valence-corrected chi connectivity index (χ0v) is 16.9. The van der Waals surface area contributed by atoms with E-state index in [0.29, 0.717) is 49.1 Å². The number of amides is 2. The number of carbonyl (C=O) groups is 2. The summed E-state index contributed by atoms with van der Waals surface area (Å²) in [5.74, 6) is 0.783. The monoisotopic (exact) mass is 398 g/mol. The summed E-state index contributed by atoms with van der Waals surface area (Å²) in [7, 11) is 2.10. The van der Waals surface area contributed by atoms with Crippen LogP contribution >= 0.6 is 0 Å². The number of hydrogen-bond donors (Lipinski definition) is 0. The first-order chi connectivity index (χ1) is 14.0. The van der Waals surface area contributed by atoms with E-state index in [1.807, 2.05) is 6.92 Å². The van der Waals surface area contributed by atoms with E-state index in [1.54, 1.807) is 28.1 Å². The minimum absolute atomic E-state index is 0.0856. The molecule has 2 saturated heterocycles. The molecule has 0 aromatic carbocycles. The van der Waals surface area contributed by atoms with Gasteiger partial charge in [-0.1, -0.05) is 0 Å². The minimum atomic E-state index is -0.141. The van der Waals surface area contributed by atoms with Gasteiger partial charge in [0.05, 0.1) is 17.5 Å². The molecule has 0 radical (unpaired) electrons. The highest BCUT2D eigenvalue weighted by Crippen LogP contribution is 2.17. The molecule has 0 aliphatic carbocycles. The second-order valence-corrected chi connectivity index (χ2v) is 7.52. The van der Waals surface area contributed by atoms with Crippen LogP contribution in [0.1, 0.15) is 26.6 Å². The van der Waals surface area contributed by atoms with Crippen LogP contribution in [-0.4, -0.2) is 95.9 Å². The van der Waals surface area contributed by atoms with E-state index in [-0.39, 0.29) is 11.8 Å². The molecule has 0 saturated carbocycles. The van der Waals surface area contributed by atoms with Crippen LogP contribution in [0, 0.1) is 6.92 Å². The predicted octanol–water partition coefficient (Wildman–Crippen LogP) is 0.728. The van der Waals surface area contributed by atoms with Crippen molar-refractivity contribution in [3.05, 3.63) is 41.6 Å². The summed E-state index contributed by atoms with van der Waals surface area (Å²) < 4.78 is 5.18. The number of piperazine rings is 2. The fourth-order valence-electron chi connectivity index (χ4n) is 3.66. The zero-order valence-electron chi connectivity index (χ0n) is 16.9. The number of hydrogen-bond acceptors (Lipinski definition) is 7. The first kappa shape index (κ1) is 19.4. The number of aryl methyl sites for hydroxylation is 1. The smallest absolute Gasteiger partial charge is 0.289 e. The topological polar surface area (TPSA) is 86.0 Å². The molecular formula is C20H26N6O3. The average molecular weight is 398 g/mol. The first-order valence-electron chi connectivity index (χ1n) is 9.92. The molecule has 0 atom stereocenters. The van der Waals surface area contributed by atoms with E-state index in [9.17, 15) is 9.59 Å². The lowest BCUT2D eigenvalue weighted by atomic mass is 10.2.